The molecule has 0 aliphatic carbocycles. The third kappa shape index (κ3) is 6.39. The summed E-state index contributed by atoms with van der Waals surface area (Å²) in [5.74, 6) is -1.64. The van der Waals surface area contributed by atoms with Gasteiger partial charge in [-0.2, -0.15) is 13.2 Å². The van der Waals surface area contributed by atoms with E-state index in [0.717, 1.165) is 0 Å². The van der Waals surface area contributed by atoms with E-state index in [9.17, 15) is 18.0 Å². The van der Waals surface area contributed by atoms with Crippen LogP contribution < -0.4 is 0 Å². The summed E-state index contributed by atoms with van der Waals surface area (Å²) < 4.78 is 38.6. The lowest BCUT2D eigenvalue weighted by Gasteiger charge is -2.11. The first-order valence-electron chi connectivity index (χ1n) is 3.71. The van der Waals surface area contributed by atoms with Crippen LogP contribution in [0.15, 0.2) is 0 Å². The largest absolute Gasteiger partial charge is 0.456 e. The molecular weight excluding hydrogens is 189 g/mol. The Labute approximate surface area is 73.5 Å². The van der Waals surface area contributed by atoms with Gasteiger partial charge in [-0.05, 0) is 6.42 Å². The van der Waals surface area contributed by atoms with E-state index in [1.807, 2.05) is 0 Å². The van der Waals surface area contributed by atoms with Gasteiger partial charge in [0.15, 0.2) is 6.61 Å². The molecule has 0 spiro atoms. The summed E-state index contributed by atoms with van der Waals surface area (Å²) in [6, 6.07) is 0. The van der Waals surface area contributed by atoms with Crippen LogP contribution in [0.2, 0.25) is 0 Å². The number of hydrogen-bond donors (Lipinski definition) is 1. The summed E-state index contributed by atoms with van der Waals surface area (Å²) in [6.07, 6.45) is -4.38. The van der Waals surface area contributed by atoms with Gasteiger partial charge in [-0.25, -0.2) is 0 Å². The average Bonchev–Trinajstić information content (AvgIpc) is 1.99. The molecule has 0 aliphatic heterocycles. The third-order valence-corrected chi connectivity index (χ3v) is 1.34. The zero-order valence-corrected chi connectivity index (χ0v) is 7.10. The van der Waals surface area contributed by atoms with Crippen molar-refractivity contribution in [2.24, 2.45) is 5.92 Å². The number of carbonyl (C=O) groups excluding carboxylic acids is 1. The molecule has 1 atom stereocenters. The van der Waals surface area contributed by atoms with Crippen molar-refractivity contribution in [3.05, 3.63) is 0 Å². The number of aliphatic hydroxyl groups is 1. The Morgan fingerprint density at radius 2 is 2.08 bits per heavy atom. The smallest absolute Gasteiger partial charge is 0.422 e. The maximum absolute atomic E-state index is 11.5. The van der Waals surface area contributed by atoms with Crippen molar-refractivity contribution in [2.45, 2.75) is 19.5 Å². The van der Waals surface area contributed by atoms with Gasteiger partial charge in [0.1, 0.15) is 0 Å². The Morgan fingerprint density at radius 1 is 1.54 bits per heavy atom. The fourth-order valence-corrected chi connectivity index (χ4v) is 0.607. The van der Waals surface area contributed by atoms with Crippen molar-refractivity contribution in [2.75, 3.05) is 13.2 Å². The number of aliphatic hydroxyl groups excluding tert-OH is 1. The van der Waals surface area contributed by atoms with Gasteiger partial charge in [0, 0.05) is 6.61 Å². The van der Waals surface area contributed by atoms with Crippen molar-refractivity contribution in [3.63, 3.8) is 0 Å². The zero-order chi connectivity index (χ0) is 10.5. The fourth-order valence-electron chi connectivity index (χ4n) is 0.607. The lowest BCUT2D eigenvalue weighted by Crippen LogP contribution is -2.24. The number of carbonyl (C=O) groups is 1. The Balaban J connectivity index is 3.74. The van der Waals surface area contributed by atoms with E-state index in [4.69, 9.17) is 5.11 Å². The summed E-state index contributed by atoms with van der Waals surface area (Å²) in [4.78, 5) is 10.7. The van der Waals surface area contributed by atoms with Crippen LogP contribution in [-0.2, 0) is 9.53 Å². The molecule has 6 heteroatoms. The monoisotopic (exact) mass is 200 g/mol. The summed E-state index contributed by atoms with van der Waals surface area (Å²) in [5, 5.41) is 8.38. The standard InChI is InChI=1S/C7H11F3O3/c1-5(2-3-11)6(12)13-4-7(8,9)10/h5,11H,2-4H2,1H3. The van der Waals surface area contributed by atoms with Gasteiger partial charge in [0.25, 0.3) is 0 Å². The molecule has 13 heavy (non-hydrogen) atoms. The van der Waals surface area contributed by atoms with E-state index in [2.05, 4.69) is 4.74 Å². The lowest BCUT2D eigenvalue weighted by atomic mass is 10.1. The van der Waals surface area contributed by atoms with Gasteiger partial charge >= 0.3 is 12.1 Å². The second kappa shape index (κ2) is 5.06. The van der Waals surface area contributed by atoms with Crippen LogP contribution in [0, 0.1) is 5.92 Å². The topological polar surface area (TPSA) is 46.5 Å². The van der Waals surface area contributed by atoms with Gasteiger partial charge in [-0.3, -0.25) is 4.79 Å². The summed E-state index contributed by atoms with van der Waals surface area (Å²) in [7, 11) is 0. The van der Waals surface area contributed by atoms with E-state index in [-0.39, 0.29) is 13.0 Å². The maximum Gasteiger partial charge on any atom is 0.422 e. The van der Waals surface area contributed by atoms with E-state index < -0.39 is 24.7 Å². The molecule has 0 saturated carbocycles. The number of halogens is 3. The molecule has 0 aromatic rings. The molecule has 0 saturated heterocycles. The van der Waals surface area contributed by atoms with Crippen LogP contribution in [0.5, 0.6) is 0 Å². The summed E-state index contributed by atoms with van der Waals surface area (Å²) in [5.41, 5.74) is 0. The Morgan fingerprint density at radius 3 is 2.46 bits per heavy atom. The van der Waals surface area contributed by atoms with Crippen LogP contribution in [0.3, 0.4) is 0 Å². The maximum atomic E-state index is 11.5. The summed E-state index contributed by atoms with van der Waals surface area (Å²) in [6.45, 7) is -0.418. The molecule has 0 aromatic heterocycles. The normalized spacial score (nSPS) is 13.9. The summed E-state index contributed by atoms with van der Waals surface area (Å²) >= 11 is 0. The van der Waals surface area contributed by atoms with Crippen LogP contribution in [0.25, 0.3) is 0 Å². The predicted molar refractivity (Wildman–Crippen MR) is 37.9 cm³/mol. The number of hydrogen-bond acceptors (Lipinski definition) is 3. The minimum Gasteiger partial charge on any atom is -0.456 e. The molecule has 0 amide bonds. The third-order valence-electron chi connectivity index (χ3n) is 1.34. The molecule has 1 N–H and O–H groups in total. The molecule has 0 aromatic carbocycles. The fraction of sp³-hybridized carbons (Fsp3) is 0.857. The van der Waals surface area contributed by atoms with Crippen molar-refractivity contribution < 1.29 is 27.8 Å². The van der Waals surface area contributed by atoms with Crippen LogP contribution in [-0.4, -0.2) is 30.5 Å². The van der Waals surface area contributed by atoms with E-state index in [0.29, 0.717) is 0 Å². The van der Waals surface area contributed by atoms with E-state index >= 15 is 0 Å². The molecule has 0 radical (unpaired) electrons. The molecule has 1 unspecified atom stereocenters. The number of rotatable bonds is 4. The molecule has 0 fully saturated rings. The minimum atomic E-state index is -4.49. The number of ether oxygens (including phenoxy) is 1. The highest BCUT2D eigenvalue weighted by molar-refractivity contribution is 5.71. The van der Waals surface area contributed by atoms with Crippen LogP contribution in [0.1, 0.15) is 13.3 Å². The SMILES string of the molecule is CC(CCO)C(=O)OCC(F)(F)F. The van der Waals surface area contributed by atoms with Gasteiger partial charge in [-0.1, -0.05) is 6.92 Å². The second-order valence-electron chi connectivity index (χ2n) is 2.64. The van der Waals surface area contributed by atoms with Gasteiger partial charge in [0.2, 0.25) is 0 Å². The Bertz CT molecular complexity index is 167. The molecule has 3 nitrogen and oxygen atoms in total. The van der Waals surface area contributed by atoms with E-state index in [1.54, 1.807) is 0 Å². The Kier molecular flexibility index (Phi) is 4.76. The van der Waals surface area contributed by atoms with Crippen molar-refractivity contribution >= 4 is 5.97 Å². The lowest BCUT2D eigenvalue weighted by molar-refractivity contribution is -0.189. The molecule has 0 aliphatic rings. The number of esters is 1. The highest BCUT2D eigenvalue weighted by atomic mass is 19.4. The first-order chi connectivity index (χ1) is 5.87. The second-order valence-corrected chi connectivity index (χ2v) is 2.64. The highest BCUT2D eigenvalue weighted by Gasteiger charge is 2.30. The molecule has 78 valence electrons. The molecule has 0 rings (SSSR count). The average molecular weight is 200 g/mol. The Hall–Kier alpha value is -0.780. The van der Waals surface area contributed by atoms with Gasteiger partial charge in [-0.15, -0.1) is 0 Å². The van der Waals surface area contributed by atoms with Gasteiger partial charge < -0.3 is 9.84 Å². The minimum absolute atomic E-state index is 0.108. The molecular formula is C7H11F3O3. The van der Waals surface area contributed by atoms with Gasteiger partial charge in [0.05, 0.1) is 5.92 Å². The quantitative estimate of drug-likeness (QED) is 0.691. The van der Waals surface area contributed by atoms with Crippen LogP contribution >= 0.6 is 0 Å². The first-order valence-corrected chi connectivity index (χ1v) is 3.71. The van der Waals surface area contributed by atoms with Crippen LogP contribution in [0.4, 0.5) is 13.2 Å². The van der Waals surface area contributed by atoms with E-state index in [1.165, 1.54) is 6.92 Å². The number of alkyl halides is 3. The molecule has 0 heterocycles. The zero-order valence-electron chi connectivity index (χ0n) is 7.10. The molecule has 0 bridgehead atoms. The predicted octanol–water partition coefficient (Wildman–Crippen LogP) is 1.11. The first kappa shape index (κ1) is 12.2. The highest BCUT2D eigenvalue weighted by Crippen LogP contribution is 2.15. The van der Waals surface area contributed by atoms with Crippen molar-refractivity contribution in [3.8, 4) is 0 Å². The van der Waals surface area contributed by atoms with Crippen molar-refractivity contribution in [1.29, 1.82) is 0 Å². The van der Waals surface area contributed by atoms with Crippen molar-refractivity contribution in [1.82, 2.24) is 0 Å².